The topological polar surface area (TPSA) is 35.2 Å². The predicted octanol–water partition coefficient (Wildman–Crippen LogP) is 5.58. The van der Waals surface area contributed by atoms with Crippen LogP contribution in [-0.4, -0.2) is 18.8 Å². The molecule has 1 unspecified atom stereocenters. The van der Waals surface area contributed by atoms with E-state index >= 15 is 0 Å². The maximum absolute atomic E-state index is 6.52. The van der Waals surface area contributed by atoms with E-state index in [9.17, 15) is 0 Å². The Morgan fingerprint density at radius 1 is 0.857 bits per heavy atom. The predicted molar refractivity (Wildman–Crippen MR) is 92.6 cm³/mol. The Hall–Kier alpha value is -0.0800. The van der Waals surface area contributed by atoms with E-state index in [0.717, 1.165) is 6.42 Å². The molecular formula is C19H39NO. The van der Waals surface area contributed by atoms with Crippen molar-refractivity contribution in [3.05, 3.63) is 0 Å². The van der Waals surface area contributed by atoms with Crippen molar-refractivity contribution in [2.24, 2.45) is 5.73 Å². The Morgan fingerprint density at radius 2 is 1.38 bits per heavy atom. The molecule has 0 aliphatic heterocycles. The summed E-state index contributed by atoms with van der Waals surface area (Å²) < 4.78 is 5.92. The van der Waals surface area contributed by atoms with Crippen LogP contribution in [-0.2, 0) is 4.74 Å². The molecule has 0 radical (unpaired) electrons. The molecule has 2 N–H and O–H groups in total. The van der Waals surface area contributed by atoms with Crippen LogP contribution in [0.3, 0.4) is 0 Å². The third-order valence-corrected chi connectivity index (χ3v) is 5.40. The molecule has 1 saturated carbocycles. The van der Waals surface area contributed by atoms with Gasteiger partial charge in [0.1, 0.15) is 0 Å². The van der Waals surface area contributed by atoms with Crippen LogP contribution < -0.4 is 5.73 Å². The van der Waals surface area contributed by atoms with Crippen LogP contribution in [0.5, 0.6) is 0 Å². The van der Waals surface area contributed by atoms with Crippen molar-refractivity contribution in [2.45, 2.75) is 115 Å². The minimum Gasteiger partial charge on any atom is -0.377 e. The lowest BCUT2D eigenvalue weighted by Crippen LogP contribution is -2.49. The largest absolute Gasteiger partial charge is 0.377 e. The lowest BCUT2D eigenvalue weighted by atomic mass is 9.84. The molecule has 0 saturated heterocycles. The first-order chi connectivity index (χ1) is 10.2. The Balaban J connectivity index is 2.14. The second-order valence-electron chi connectivity index (χ2n) is 7.05. The van der Waals surface area contributed by atoms with Gasteiger partial charge in [-0.05, 0) is 19.3 Å². The molecule has 0 aromatic carbocycles. The van der Waals surface area contributed by atoms with E-state index in [-0.39, 0.29) is 11.6 Å². The van der Waals surface area contributed by atoms with Gasteiger partial charge in [0.2, 0.25) is 0 Å². The average molecular weight is 298 g/mol. The number of ether oxygens (including phenoxy) is 1. The fraction of sp³-hybridized carbons (Fsp3) is 1.00. The second kappa shape index (κ2) is 11.5. The number of rotatable bonds is 11. The summed E-state index contributed by atoms with van der Waals surface area (Å²) in [6, 6.07) is 0.237. The average Bonchev–Trinajstić information content (AvgIpc) is 2.76. The van der Waals surface area contributed by atoms with Gasteiger partial charge in [-0.25, -0.2) is 0 Å². The van der Waals surface area contributed by atoms with Crippen molar-refractivity contribution in [3.63, 3.8) is 0 Å². The first-order valence-corrected chi connectivity index (χ1v) is 9.56. The van der Waals surface area contributed by atoms with E-state index in [2.05, 4.69) is 6.92 Å². The van der Waals surface area contributed by atoms with E-state index < -0.39 is 0 Å². The minimum atomic E-state index is -0.0162. The van der Waals surface area contributed by atoms with Crippen molar-refractivity contribution >= 4 is 0 Å². The molecule has 0 aromatic heterocycles. The monoisotopic (exact) mass is 297 g/mol. The van der Waals surface area contributed by atoms with Crippen LogP contribution >= 0.6 is 0 Å². The molecular weight excluding hydrogens is 258 g/mol. The van der Waals surface area contributed by atoms with Gasteiger partial charge in [0, 0.05) is 13.2 Å². The zero-order valence-corrected chi connectivity index (χ0v) is 14.7. The van der Waals surface area contributed by atoms with E-state index in [4.69, 9.17) is 10.5 Å². The summed E-state index contributed by atoms with van der Waals surface area (Å²) in [6.07, 6.45) is 19.8. The highest BCUT2D eigenvalue weighted by Crippen LogP contribution is 2.34. The highest BCUT2D eigenvalue weighted by Gasteiger charge is 2.36. The molecule has 0 heterocycles. The van der Waals surface area contributed by atoms with Crippen LogP contribution in [0.25, 0.3) is 0 Å². The maximum atomic E-state index is 6.52. The Kier molecular flexibility index (Phi) is 10.4. The second-order valence-corrected chi connectivity index (χ2v) is 7.05. The van der Waals surface area contributed by atoms with Crippen molar-refractivity contribution in [1.29, 1.82) is 0 Å². The molecule has 2 heteroatoms. The molecule has 1 atom stereocenters. The van der Waals surface area contributed by atoms with Crippen molar-refractivity contribution in [2.75, 3.05) is 7.11 Å². The molecule has 21 heavy (non-hydrogen) atoms. The number of methoxy groups -OCH3 is 1. The van der Waals surface area contributed by atoms with Crippen LogP contribution in [0, 0.1) is 0 Å². The van der Waals surface area contributed by atoms with E-state index in [0.29, 0.717) is 0 Å². The van der Waals surface area contributed by atoms with Gasteiger partial charge in [-0.15, -0.1) is 0 Å². The molecule has 126 valence electrons. The molecule has 1 rings (SSSR count). The van der Waals surface area contributed by atoms with Crippen molar-refractivity contribution < 1.29 is 4.74 Å². The summed E-state index contributed by atoms with van der Waals surface area (Å²) in [4.78, 5) is 0. The number of hydrogen-bond acceptors (Lipinski definition) is 2. The summed E-state index contributed by atoms with van der Waals surface area (Å²) in [5.41, 5.74) is 6.50. The lowest BCUT2D eigenvalue weighted by molar-refractivity contribution is -0.0454. The summed E-state index contributed by atoms with van der Waals surface area (Å²) in [6.45, 7) is 2.28. The SMILES string of the molecule is CCCCCCCCCCC(N)C1(OC)CCCCCC1. The normalized spacial score (nSPS) is 20.1. The van der Waals surface area contributed by atoms with Crippen molar-refractivity contribution in [3.8, 4) is 0 Å². The van der Waals surface area contributed by atoms with Gasteiger partial charge < -0.3 is 10.5 Å². The van der Waals surface area contributed by atoms with E-state index in [1.54, 1.807) is 0 Å². The number of nitrogens with two attached hydrogens (primary N) is 1. The fourth-order valence-electron chi connectivity index (χ4n) is 3.81. The minimum absolute atomic E-state index is 0.0162. The van der Waals surface area contributed by atoms with Gasteiger partial charge in [0.15, 0.2) is 0 Å². The third kappa shape index (κ3) is 7.15. The quantitative estimate of drug-likeness (QED) is 0.399. The van der Waals surface area contributed by atoms with Crippen LogP contribution in [0.4, 0.5) is 0 Å². The van der Waals surface area contributed by atoms with E-state index in [1.807, 2.05) is 7.11 Å². The van der Waals surface area contributed by atoms with Crippen molar-refractivity contribution in [1.82, 2.24) is 0 Å². The standard InChI is InChI=1S/C19H39NO/c1-3-4-5-6-7-8-9-12-15-18(20)19(21-2)16-13-10-11-14-17-19/h18H,3-17,20H2,1-2H3. The molecule has 1 aliphatic carbocycles. The van der Waals surface area contributed by atoms with Gasteiger partial charge in [-0.3, -0.25) is 0 Å². The highest BCUT2D eigenvalue weighted by atomic mass is 16.5. The first kappa shape index (κ1) is 19.0. The maximum Gasteiger partial charge on any atom is 0.0828 e. The van der Waals surface area contributed by atoms with Gasteiger partial charge >= 0.3 is 0 Å². The number of unbranched alkanes of at least 4 members (excludes halogenated alkanes) is 7. The zero-order valence-electron chi connectivity index (χ0n) is 14.7. The van der Waals surface area contributed by atoms with Gasteiger partial charge in [-0.1, -0.05) is 84.0 Å². The molecule has 0 bridgehead atoms. The summed E-state index contributed by atoms with van der Waals surface area (Å²) in [7, 11) is 1.87. The molecule has 1 aliphatic rings. The van der Waals surface area contributed by atoms with Gasteiger partial charge in [0.25, 0.3) is 0 Å². The molecule has 1 fully saturated rings. The number of hydrogen-bond donors (Lipinski definition) is 1. The molecule has 0 aromatic rings. The smallest absolute Gasteiger partial charge is 0.0828 e. The Bertz CT molecular complexity index is 234. The Morgan fingerprint density at radius 3 is 1.90 bits per heavy atom. The summed E-state index contributed by atoms with van der Waals surface area (Å²) in [5.74, 6) is 0. The van der Waals surface area contributed by atoms with E-state index in [1.165, 1.54) is 89.9 Å². The third-order valence-electron chi connectivity index (χ3n) is 5.40. The summed E-state index contributed by atoms with van der Waals surface area (Å²) >= 11 is 0. The zero-order chi connectivity index (χ0) is 15.4. The molecule has 2 nitrogen and oxygen atoms in total. The molecule has 0 amide bonds. The first-order valence-electron chi connectivity index (χ1n) is 9.56. The van der Waals surface area contributed by atoms with Gasteiger partial charge in [0.05, 0.1) is 5.60 Å². The summed E-state index contributed by atoms with van der Waals surface area (Å²) in [5, 5.41) is 0. The highest BCUT2D eigenvalue weighted by molar-refractivity contribution is 4.92. The van der Waals surface area contributed by atoms with Crippen LogP contribution in [0.15, 0.2) is 0 Å². The molecule has 0 spiro atoms. The van der Waals surface area contributed by atoms with Gasteiger partial charge in [-0.2, -0.15) is 0 Å². The lowest BCUT2D eigenvalue weighted by Gasteiger charge is -2.37. The van der Waals surface area contributed by atoms with Crippen LogP contribution in [0.1, 0.15) is 103 Å². The van der Waals surface area contributed by atoms with Crippen LogP contribution in [0.2, 0.25) is 0 Å². The Labute approximate surface area is 133 Å². The fourth-order valence-corrected chi connectivity index (χ4v) is 3.81.